The Kier molecular flexibility index (Phi) is 13.9. The highest BCUT2D eigenvalue weighted by Crippen LogP contribution is 2.38. The fourth-order valence-electron chi connectivity index (χ4n) is 6.99. The third-order valence-electron chi connectivity index (χ3n) is 10.3. The molecule has 2 bridgehead atoms. The van der Waals surface area contributed by atoms with Crippen molar-refractivity contribution in [2.45, 2.75) is 61.9 Å². The molecule has 18 heteroatoms. The number of pyridine rings is 1. The molecular weight excluding hydrogens is 826 g/mol. The number of carbonyl (C=O) groups excluding carboxylic acids is 2. The van der Waals surface area contributed by atoms with E-state index < -0.39 is 52.6 Å². The first kappa shape index (κ1) is 43.1. The number of sulfonamides is 1. The van der Waals surface area contributed by atoms with Gasteiger partial charge in [0, 0.05) is 18.5 Å². The summed E-state index contributed by atoms with van der Waals surface area (Å²) in [5.74, 6) is -2.14. The van der Waals surface area contributed by atoms with E-state index in [0.717, 1.165) is 57.0 Å². The van der Waals surface area contributed by atoms with Crippen LogP contribution in [-0.4, -0.2) is 69.7 Å². The molecule has 0 amide bonds. The quantitative estimate of drug-likeness (QED) is 0.117. The number of halogens is 5. The van der Waals surface area contributed by atoms with Gasteiger partial charge in [-0.05, 0) is 104 Å². The van der Waals surface area contributed by atoms with Crippen LogP contribution in [0.5, 0.6) is 11.5 Å². The molecule has 58 heavy (non-hydrogen) atoms. The van der Waals surface area contributed by atoms with Crippen LogP contribution in [0.4, 0.5) is 13.2 Å². The molecule has 1 unspecified atom stereocenters. The molecule has 1 aromatic heterocycles. The molecule has 3 N–H and O–H groups in total. The van der Waals surface area contributed by atoms with Crippen LogP contribution in [0, 0.1) is 17.7 Å². The number of aromatic nitrogens is 1. The SMILES string of the molecule is O=C(O[C@@H](Cc1c(Cl)c[nH+]cc1Cl)c1ccc(OC(F)F)c(OCC2CC2)c1)c1cccc(S(=O)(=O)NC(C(=O)O[C@H]2CN3CCC2CC3)c2ccc(F)cc2)c1.[OH-]. The van der Waals surface area contributed by atoms with Gasteiger partial charge in [0.1, 0.15) is 34.1 Å². The molecule has 4 aliphatic rings. The minimum atomic E-state index is -4.53. The van der Waals surface area contributed by atoms with E-state index in [0.29, 0.717) is 17.7 Å². The van der Waals surface area contributed by atoms with Gasteiger partial charge >= 0.3 is 18.6 Å². The highest BCUT2D eigenvalue weighted by atomic mass is 35.5. The molecule has 1 aliphatic carbocycles. The smallest absolute Gasteiger partial charge is 0.387 e. The molecule has 4 heterocycles. The van der Waals surface area contributed by atoms with Crippen molar-refractivity contribution in [1.29, 1.82) is 0 Å². The number of fused-ring (bicyclic) bond motifs is 3. The molecule has 310 valence electrons. The first-order valence-electron chi connectivity index (χ1n) is 18.4. The maximum absolute atomic E-state index is 13.9. The van der Waals surface area contributed by atoms with Crippen molar-refractivity contribution in [3.8, 4) is 11.5 Å². The molecule has 3 aliphatic heterocycles. The third-order valence-corrected chi connectivity index (χ3v) is 12.4. The Labute approximate surface area is 342 Å². The largest absolute Gasteiger partial charge is 0.870 e. The van der Waals surface area contributed by atoms with Crippen LogP contribution in [0.1, 0.15) is 64.9 Å². The summed E-state index contributed by atoms with van der Waals surface area (Å²) in [7, 11) is -4.53. The minimum absolute atomic E-state index is 0. The first-order valence-corrected chi connectivity index (χ1v) is 20.6. The Morgan fingerprint density at radius 3 is 2.24 bits per heavy atom. The van der Waals surface area contributed by atoms with Gasteiger partial charge in [0.25, 0.3) is 0 Å². The number of aromatic amines is 1. The molecule has 3 aromatic carbocycles. The number of esters is 2. The van der Waals surface area contributed by atoms with Gasteiger partial charge in [0.2, 0.25) is 10.0 Å². The number of alkyl halides is 2. The molecule has 0 spiro atoms. The van der Waals surface area contributed by atoms with Gasteiger partial charge in [-0.1, -0.05) is 47.5 Å². The number of benzene rings is 3. The van der Waals surface area contributed by atoms with Crippen LogP contribution < -0.4 is 19.2 Å². The normalized spacial score (nSPS) is 19.8. The molecule has 0 radical (unpaired) electrons. The van der Waals surface area contributed by atoms with E-state index >= 15 is 0 Å². The second kappa shape index (κ2) is 18.6. The monoisotopic (exact) mass is 865 g/mol. The van der Waals surface area contributed by atoms with Crippen molar-refractivity contribution in [2.24, 2.45) is 11.8 Å². The number of hydrogen-bond donors (Lipinski definition) is 1. The average Bonchev–Trinajstić information content (AvgIpc) is 4.03. The van der Waals surface area contributed by atoms with Crippen LogP contribution in [0.2, 0.25) is 10.0 Å². The number of ether oxygens (including phenoxy) is 4. The predicted octanol–water partition coefficient (Wildman–Crippen LogP) is 6.96. The van der Waals surface area contributed by atoms with Gasteiger partial charge in [0.05, 0.1) is 17.1 Å². The molecule has 1 saturated carbocycles. The Hall–Kier alpha value is -4.45. The summed E-state index contributed by atoms with van der Waals surface area (Å²) in [6.45, 7) is -0.512. The lowest BCUT2D eigenvalue weighted by atomic mass is 9.86. The highest BCUT2D eigenvalue weighted by Gasteiger charge is 2.39. The summed E-state index contributed by atoms with van der Waals surface area (Å²) in [5.41, 5.74) is 0.717. The zero-order valence-corrected chi connectivity index (χ0v) is 33.1. The van der Waals surface area contributed by atoms with Gasteiger partial charge in [-0.15, -0.1) is 0 Å². The molecular formula is C40H40Cl2F3N3O9S. The van der Waals surface area contributed by atoms with E-state index in [9.17, 15) is 31.2 Å². The first-order chi connectivity index (χ1) is 27.3. The summed E-state index contributed by atoms with van der Waals surface area (Å²) in [5, 5.41) is 0.460. The Bertz CT molecular complexity index is 2190. The van der Waals surface area contributed by atoms with Crippen molar-refractivity contribution in [1.82, 2.24) is 9.62 Å². The summed E-state index contributed by atoms with van der Waals surface area (Å²) in [6.07, 6.45) is 4.92. The third kappa shape index (κ3) is 10.6. The number of nitrogens with zero attached hydrogens (tertiary/aromatic N) is 1. The van der Waals surface area contributed by atoms with Gasteiger partial charge < -0.3 is 24.4 Å². The topological polar surface area (TPSA) is 165 Å². The van der Waals surface area contributed by atoms with Crippen LogP contribution in [0.25, 0.3) is 0 Å². The van der Waals surface area contributed by atoms with Crippen LogP contribution >= 0.6 is 23.2 Å². The number of hydrogen-bond acceptors (Lipinski definition) is 10. The van der Waals surface area contributed by atoms with Crippen LogP contribution in [0.3, 0.4) is 0 Å². The number of H-pyrrole nitrogens is 1. The summed E-state index contributed by atoms with van der Waals surface area (Å²) in [6, 6.07) is 12.4. The fraction of sp³-hybridized carbons (Fsp3) is 0.375. The number of carbonyl (C=O) groups is 2. The summed E-state index contributed by atoms with van der Waals surface area (Å²) in [4.78, 5) is 32.2. The summed E-state index contributed by atoms with van der Waals surface area (Å²) < 4.78 is 93.2. The zero-order valence-electron chi connectivity index (χ0n) is 30.8. The maximum Gasteiger partial charge on any atom is 0.387 e. The molecule has 4 aromatic rings. The number of nitrogens with one attached hydrogen (secondary N) is 2. The van der Waals surface area contributed by atoms with Crippen molar-refractivity contribution >= 4 is 45.2 Å². The predicted molar refractivity (Wildman–Crippen MR) is 203 cm³/mol. The van der Waals surface area contributed by atoms with E-state index in [-0.39, 0.29) is 67.9 Å². The van der Waals surface area contributed by atoms with E-state index in [4.69, 9.17) is 37.4 Å². The highest BCUT2D eigenvalue weighted by molar-refractivity contribution is 7.89. The van der Waals surface area contributed by atoms with E-state index in [2.05, 4.69) is 19.3 Å². The average molecular weight is 867 g/mol. The Balaban J connectivity index is 0.00000567. The molecule has 8 rings (SSSR count). The van der Waals surface area contributed by atoms with Crippen LogP contribution in [-0.2, 0) is 30.7 Å². The van der Waals surface area contributed by atoms with Crippen molar-refractivity contribution in [2.75, 3.05) is 26.2 Å². The van der Waals surface area contributed by atoms with Gasteiger partial charge in [-0.25, -0.2) is 27.4 Å². The Morgan fingerprint density at radius 2 is 1.60 bits per heavy atom. The standard InChI is InChI=1S/C40H38Cl2F3N3O8S.H2O/c41-31-19-46-20-32(42)30(31)18-34(26-8-11-33(56-40(44)45)35(17-26)53-22-23-4-5-23)54-38(49)27-2-1-3-29(16-27)57(51,52)47-37(25-6-9-28(43)10-7-25)39(50)55-36-21-48-14-12-24(36)13-15-48;/h1-3,6-11,16-17,19-20,23-24,34,36-37,40,47H,4-5,12-15,18,21-22H2;1H2/t34-,36-,37?;/m0./s1. The maximum atomic E-state index is 13.9. The number of rotatable bonds is 16. The van der Waals surface area contributed by atoms with E-state index in [1.54, 1.807) is 0 Å². The van der Waals surface area contributed by atoms with Gasteiger partial charge in [0.15, 0.2) is 23.9 Å². The second-order valence-corrected chi connectivity index (χ2v) is 16.8. The fourth-order valence-corrected chi connectivity index (χ4v) is 8.74. The van der Waals surface area contributed by atoms with Crippen molar-refractivity contribution in [3.63, 3.8) is 0 Å². The zero-order chi connectivity index (χ0) is 40.3. The molecule has 4 fully saturated rings. The molecule has 3 atom stereocenters. The van der Waals surface area contributed by atoms with Crippen molar-refractivity contribution in [3.05, 3.63) is 117 Å². The summed E-state index contributed by atoms with van der Waals surface area (Å²) >= 11 is 12.9. The lowest BCUT2D eigenvalue weighted by molar-refractivity contribution is -0.377. The van der Waals surface area contributed by atoms with Crippen molar-refractivity contribution < 1.29 is 60.6 Å². The minimum Gasteiger partial charge on any atom is -0.870 e. The molecule has 3 saturated heterocycles. The number of piperidine rings is 3. The molecule has 12 nitrogen and oxygen atoms in total. The van der Waals surface area contributed by atoms with Gasteiger partial charge in [-0.3, -0.25) is 4.90 Å². The van der Waals surface area contributed by atoms with Gasteiger partial charge in [-0.2, -0.15) is 13.5 Å². The van der Waals surface area contributed by atoms with Crippen LogP contribution in [0.15, 0.2) is 84.0 Å². The van der Waals surface area contributed by atoms with E-state index in [1.807, 2.05) is 0 Å². The Morgan fingerprint density at radius 1 is 0.914 bits per heavy atom. The lowest BCUT2D eigenvalue weighted by Gasteiger charge is -2.44. The lowest BCUT2D eigenvalue weighted by Crippen LogP contribution is -2.52. The van der Waals surface area contributed by atoms with E-state index in [1.165, 1.54) is 60.9 Å². The second-order valence-electron chi connectivity index (χ2n) is 14.3.